The predicted octanol–water partition coefficient (Wildman–Crippen LogP) is 3.37. The zero-order chi connectivity index (χ0) is 14.5. The first-order valence-electron chi connectivity index (χ1n) is 5.87. The molecule has 0 bridgehead atoms. The monoisotopic (exact) mass is 340 g/mol. The molecule has 1 N–H and O–H groups in total. The quantitative estimate of drug-likeness (QED) is 0.841. The predicted molar refractivity (Wildman–Crippen MR) is 76.4 cm³/mol. The van der Waals surface area contributed by atoms with Crippen molar-refractivity contribution in [3.63, 3.8) is 0 Å². The number of nitrogens with one attached hydrogen (secondary N) is 1. The van der Waals surface area contributed by atoms with Crippen LogP contribution in [0.5, 0.6) is 5.75 Å². The summed E-state index contributed by atoms with van der Waals surface area (Å²) in [4.78, 5) is 15.5. The van der Waals surface area contributed by atoms with E-state index in [-0.39, 0.29) is 11.7 Å². The van der Waals surface area contributed by atoms with Gasteiger partial charge in [-0.3, -0.25) is 0 Å². The van der Waals surface area contributed by atoms with Crippen molar-refractivity contribution in [2.24, 2.45) is 0 Å². The summed E-state index contributed by atoms with van der Waals surface area (Å²) in [6.45, 7) is 2.02. The van der Waals surface area contributed by atoms with Crippen molar-refractivity contribution in [2.45, 2.75) is 6.92 Å². The van der Waals surface area contributed by atoms with Gasteiger partial charge in [-0.2, -0.15) is 4.98 Å². The summed E-state index contributed by atoms with van der Waals surface area (Å²) in [6.07, 6.45) is 1.25. The number of ether oxygens (including phenoxy) is 2. The number of nitrogens with zero attached hydrogens (tertiary/aromatic N) is 1. The number of carbonyl (C=O) groups is 1. The second kappa shape index (κ2) is 6.42. The van der Waals surface area contributed by atoms with Crippen LogP contribution in [0, 0.1) is 0 Å². The number of benzene rings is 1. The van der Waals surface area contributed by atoms with Crippen LogP contribution in [-0.4, -0.2) is 24.7 Å². The minimum Gasteiger partial charge on any atom is -0.495 e. The van der Waals surface area contributed by atoms with Gasteiger partial charge < -0.3 is 19.2 Å². The Bertz CT molecular complexity index is 612. The van der Waals surface area contributed by atoms with E-state index in [0.717, 1.165) is 10.2 Å². The van der Waals surface area contributed by atoms with Crippen molar-refractivity contribution in [2.75, 3.05) is 19.0 Å². The summed E-state index contributed by atoms with van der Waals surface area (Å²) in [7, 11) is 1.58. The standard InChI is InChI=1S/C13H13BrN2O4/c1-3-19-12(17)10-7-20-13(16-10)15-8-4-5-9(14)11(6-8)18-2/h4-7H,3H2,1-2H3,(H,15,16). The Labute approximate surface area is 124 Å². The second-order valence-electron chi connectivity index (χ2n) is 3.73. The van der Waals surface area contributed by atoms with Gasteiger partial charge in [-0.05, 0) is 35.0 Å². The maximum Gasteiger partial charge on any atom is 0.360 e. The third-order valence-corrected chi connectivity index (χ3v) is 3.05. The molecule has 0 radical (unpaired) electrons. The lowest BCUT2D eigenvalue weighted by atomic mass is 10.3. The number of hydrogen-bond acceptors (Lipinski definition) is 6. The van der Waals surface area contributed by atoms with Gasteiger partial charge in [-0.1, -0.05) is 0 Å². The summed E-state index contributed by atoms with van der Waals surface area (Å²) in [5, 5.41) is 2.94. The van der Waals surface area contributed by atoms with Crippen LogP contribution < -0.4 is 10.1 Å². The molecule has 106 valence electrons. The number of carbonyl (C=O) groups excluding carboxylic acids is 1. The van der Waals surface area contributed by atoms with E-state index in [4.69, 9.17) is 13.9 Å². The molecule has 0 aliphatic rings. The molecule has 0 aliphatic heterocycles. The number of halogens is 1. The van der Waals surface area contributed by atoms with Crippen LogP contribution in [0.2, 0.25) is 0 Å². The van der Waals surface area contributed by atoms with Gasteiger partial charge >= 0.3 is 5.97 Å². The molecule has 20 heavy (non-hydrogen) atoms. The van der Waals surface area contributed by atoms with Crippen LogP contribution in [0.15, 0.2) is 33.4 Å². The third-order valence-electron chi connectivity index (χ3n) is 2.39. The van der Waals surface area contributed by atoms with Crippen LogP contribution in [0.3, 0.4) is 0 Å². The van der Waals surface area contributed by atoms with Gasteiger partial charge in [-0.15, -0.1) is 0 Å². The maximum atomic E-state index is 11.5. The van der Waals surface area contributed by atoms with E-state index in [1.807, 2.05) is 12.1 Å². The lowest BCUT2D eigenvalue weighted by Gasteiger charge is -2.06. The molecular formula is C13H13BrN2O4. The lowest BCUT2D eigenvalue weighted by molar-refractivity contribution is 0.0519. The van der Waals surface area contributed by atoms with Crippen molar-refractivity contribution >= 4 is 33.6 Å². The van der Waals surface area contributed by atoms with E-state index in [1.165, 1.54) is 6.26 Å². The number of methoxy groups -OCH3 is 1. The van der Waals surface area contributed by atoms with Gasteiger partial charge in [0, 0.05) is 11.8 Å². The minimum absolute atomic E-state index is 0.124. The maximum absolute atomic E-state index is 11.5. The summed E-state index contributed by atoms with van der Waals surface area (Å²) in [5.41, 5.74) is 0.848. The molecule has 0 amide bonds. The van der Waals surface area contributed by atoms with Crippen molar-refractivity contribution in [3.05, 3.63) is 34.6 Å². The fourth-order valence-corrected chi connectivity index (χ4v) is 1.90. The average Bonchev–Trinajstić information content (AvgIpc) is 2.90. The summed E-state index contributed by atoms with van der Waals surface area (Å²) in [6, 6.07) is 5.63. The third kappa shape index (κ3) is 3.30. The molecule has 0 saturated carbocycles. The highest BCUT2D eigenvalue weighted by atomic mass is 79.9. The Hall–Kier alpha value is -2.02. The molecule has 2 rings (SSSR count). The molecule has 0 saturated heterocycles. The molecule has 0 spiro atoms. The molecule has 1 aromatic heterocycles. The van der Waals surface area contributed by atoms with E-state index in [2.05, 4.69) is 26.2 Å². The Morgan fingerprint density at radius 2 is 2.30 bits per heavy atom. The van der Waals surface area contributed by atoms with Gasteiger partial charge in [0.1, 0.15) is 12.0 Å². The average molecular weight is 341 g/mol. The summed E-state index contributed by atoms with van der Waals surface area (Å²) in [5.74, 6) is 0.157. The Balaban J connectivity index is 2.12. The first-order valence-corrected chi connectivity index (χ1v) is 6.66. The molecule has 6 nitrogen and oxygen atoms in total. The van der Waals surface area contributed by atoms with Crippen molar-refractivity contribution in [1.29, 1.82) is 0 Å². The Morgan fingerprint density at radius 1 is 1.50 bits per heavy atom. The zero-order valence-electron chi connectivity index (χ0n) is 11.0. The molecule has 0 unspecified atom stereocenters. The molecule has 0 fully saturated rings. The summed E-state index contributed by atoms with van der Waals surface area (Å²) >= 11 is 3.36. The Kier molecular flexibility index (Phi) is 4.62. The topological polar surface area (TPSA) is 73.6 Å². The molecular weight excluding hydrogens is 328 g/mol. The van der Waals surface area contributed by atoms with E-state index >= 15 is 0 Å². The number of esters is 1. The van der Waals surface area contributed by atoms with Crippen LogP contribution in [-0.2, 0) is 4.74 Å². The van der Waals surface area contributed by atoms with Crippen molar-refractivity contribution in [3.8, 4) is 5.75 Å². The van der Waals surface area contributed by atoms with E-state index < -0.39 is 5.97 Å². The van der Waals surface area contributed by atoms with Crippen LogP contribution in [0.25, 0.3) is 0 Å². The van der Waals surface area contributed by atoms with Crippen molar-refractivity contribution < 1.29 is 18.7 Å². The molecule has 1 aromatic carbocycles. The molecule has 2 aromatic rings. The minimum atomic E-state index is -0.516. The first-order chi connectivity index (χ1) is 9.63. The highest BCUT2D eigenvalue weighted by Crippen LogP contribution is 2.29. The largest absolute Gasteiger partial charge is 0.495 e. The number of anilines is 2. The van der Waals surface area contributed by atoms with Crippen LogP contribution in [0.4, 0.5) is 11.7 Å². The number of oxazole rings is 1. The van der Waals surface area contributed by atoms with E-state index in [9.17, 15) is 4.79 Å². The van der Waals surface area contributed by atoms with Crippen LogP contribution >= 0.6 is 15.9 Å². The normalized spacial score (nSPS) is 10.2. The van der Waals surface area contributed by atoms with Crippen molar-refractivity contribution in [1.82, 2.24) is 4.98 Å². The second-order valence-corrected chi connectivity index (χ2v) is 4.59. The lowest BCUT2D eigenvalue weighted by Crippen LogP contribution is -2.05. The zero-order valence-corrected chi connectivity index (χ0v) is 12.6. The number of hydrogen-bond donors (Lipinski definition) is 1. The molecule has 0 atom stereocenters. The Morgan fingerprint density at radius 3 is 3.00 bits per heavy atom. The van der Waals surface area contributed by atoms with Gasteiger partial charge in [0.05, 0.1) is 18.2 Å². The fourth-order valence-electron chi connectivity index (χ4n) is 1.49. The van der Waals surface area contributed by atoms with E-state index in [1.54, 1.807) is 20.1 Å². The van der Waals surface area contributed by atoms with E-state index in [0.29, 0.717) is 12.4 Å². The molecule has 0 aliphatic carbocycles. The van der Waals surface area contributed by atoms with Crippen LogP contribution in [0.1, 0.15) is 17.4 Å². The highest BCUT2D eigenvalue weighted by Gasteiger charge is 2.13. The highest BCUT2D eigenvalue weighted by molar-refractivity contribution is 9.10. The number of rotatable bonds is 5. The van der Waals surface area contributed by atoms with Gasteiger partial charge in [-0.25, -0.2) is 4.79 Å². The molecule has 1 heterocycles. The fraction of sp³-hybridized carbons (Fsp3) is 0.231. The molecule has 7 heteroatoms. The smallest absolute Gasteiger partial charge is 0.360 e. The van der Waals surface area contributed by atoms with Gasteiger partial charge in [0.2, 0.25) is 0 Å². The van der Waals surface area contributed by atoms with Gasteiger partial charge in [0.15, 0.2) is 5.69 Å². The number of aromatic nitrogens is 1. The first kappa shape index (κ1) is 14.4. The van der Waals surface area contributed by atoms with Gasteiger partial charge in [0.25, 0.3) is 6.01 Å². The summed E-state index contributed by atoms with van der Waals surface area (Å²) < 4.78 is 16.0. The SMILES string of the molecule is CCOC(=O)c1coc(Nc2ccc(Br)c(OC)c2)n1.